The first-order valence-corrected chi connectivity index (χ1v) is 3.13. The van der Waals surface area contributed by atoms with E-state index in [2.05, 4.69) is 12.2 Å². The second-order valence-corrected chi connectivity index (χ2v) is 2.75. The van der Waals surface area contributed by atoms with Crippen LogP contribution in [0.15, 0.2) is 0 Å². The van der Waals surface area contributed by atoms with E-state index in [0.717, 1.165) is 13.0 Å². The molecule has 0 bridgehead atoms. The molecule has 1 atom stereocenters. The normalized spacial score (nSPS) is 34.0. The van der Waals surface area contributed by atoms with Gasteiger partial charge in [0.05, 0.1) is 6.61 Å². The van der Waals surface area contributed by atoms with E-state index in [1.165, 1.54) is 6.42 Å². The van der Waals surface area contributed by atoms with Crippen LogP contribution in [-0.2, 0) is 0 Å². The van der Waals surface area contributed by atoms with Crippen molar-refractivity contribution in [2.45, 2.75) is 25.3 Å². The van der Waals surface area contributed by atoms with Gasteiger partial charge in [0.15, 0.2) is 0 Å². The summed E-state index contributed by atoms with van der Waals surface area (Å²) in [6, 6.07) is 0. The Morgan fingerprint density at radius 1 is 1.67 bits per heavy atom. The maximum Gasteiger partial charge on any atom is 0.0610 e. The lowest BCUT2D eigenvalue weighted by Gasteiger charge is -2.19. The largest absolute Gasteiger partial charge is 0.394 e. The summed E-state index contributed by atoms with van der Waals surface area (Å²) in [5.41, 5.74) is 0.0417. The van der Waals surface area contributed by atoms with E-state index in [-0.39, 0.29) is 24.6 Å². The zero-order chi connectivity index (χ0) is 6.04. The van der Waals surface area contributed by atoms with Crippen LogP contribution in [0.2, 0.25) is 0 Å². The molecule has 1 rings (SSSR count). The minimum absolute atomic E-state index is 0. The van der Waals surface area contributed by atoms with Crippen molar-refractivity contribution < 1.29 is 5.11 Å². The van der Waals surface area contributed by atoms with Gasteiger partial charge in [-0.25, -0.2) is 0 Å². The average Bonchev–Trinajstić information content (AvgIpc) is 2.17. The summed E-state index contributed by atoms with van der Waals surface area (Å²) in [6.45, 7) is 3.39. The van der Waals surface area contributed by atoms with Crippen LogP contribution in [0.25, 0.3) is 0 Å². The molecule has 0 amide bonds. The van der Waals surface area contributed by atoms with Crippen LogP contribution in [0.5, 0.6) is 0 Å². The Labute approximate surface area is 62.1 Å². The van der Waals surface area contributed by atoms with Gasteiger partial charge in [-0.1, -0.05) is 0 Å². The Kier molecular flexibility index (Phi) is 3.48. The van der Waals surface area contributed by atoms with E-state index in [1.54, 1.807) is 0 Å². The summed E-state index contributed by atoms with van der Waals surface area (Å²) in [7, 11) is 0. The van der Waals surface area contributed by atoms with Gasteiger partial charge in [-0.15, -0.1) is 12.4 Å². The molecule has 2 nitrogen and oxygen atoms in total. The third kappa shape index (κ3) is 2.12. The first-order chi connectivity index (χ1) is 3.77. The molecule has 0 aliphatic carbocycles. The minimum Gasteiger partial charge on any atom is -0.394 e. The van der Waals surface area contributed by atoms with E-state index in [9.17, 15) is 0 Å². The van der Waals surface area contributed by atoms with E-state index in [0.29, 0.717) is 0 Å². The Hall–Kier alpha value is 0.210. The molecule has 2 N–H and O–H groups in total. The summed E-state index contributed by atoms with van der Waals surface area (Å²) >= 11 is 0. The second-order valence-electron chi connectivity index (χ2n) is 2.75. The van der Waals surface area contributed by atoms with Crippen molar-refractivity contribution in [1.82, 2.24) is 5.32 Å². The molecule has 1 aliphatic rings. The molecule has 0 saturated carbocycles. The molecule has 1 saturated heterocycles. The molecule has 0 unspecified atom stereocenters. The Bertz CT molecular complexity index is 81.1. The molecule has 1 aliphatic heterocycles. The molecule has 0 spiro atoms. The first kappa shape index (κ1) is 9.21. The number of aliphatic hydroxyl groups is 1. The van der Waals surface area contributed by atoms with Crippen LogP contribution in [-0.4, -0.2) is 23.8 Å². The SMILES string of the molecule is C[C@@]1(CO)CCCN1.Cl. The van der Waals surface area contributed by atoms with Crippen molar-refractivity contribution in [1.29, 1.82) is 0 Å². The lowest BCUT2D eigenvalue weighted by molar-refractivity contribution is 0.192. The molecule has 56 valence electrons. The van der Waals surface area contributed by atoms with Crippen LogP contribution in [0, 0.1) is 0 Å². The van der Waals surface area contributed by atoms with Gasteiger partial charge in [0.1, 0.15) is 0 Å². The highest BCUT2D eigenvalue weighted by Crippen LogP contribution is 2.16. The molecule has 0 aromatic rings. The van der Waals surface area contributed by atoms with Crippen LogP contribution in [0.3, 0.4) is 0 Å². The van der Waals surface area contributed by atoms with E-state index >= 15 is 0 Å². The zero-order valence-corrected chi connectivity index (χ0v) is 6.50. The van der Waals surface area contributed by atoms with Crippen molar-refractivity contribution in [3.05, 3.63) is 0 Å². The number of hydrogen-bond acceptors (Lipinski definition) is 2. The summed E-state index contributed by atoms with van der Waals surface area (Å²) in [5.74, 6) is 0. The highest BCUT2D eigenvalue weighted by atomic mass is 35.5. The lowest BCUT2D eigenvalue weighted by atomic mass is 10.0. The summed E-state index contributed by atoms with van der Waals surface area (Å²) in [4.78, 5) is 0. The lowest BCUT2D eigenvalue weighted by Crippen LogP contribution is -2.39. The van der Waals surface area contributed by atoms with Gasteiger partial charge in [0, 0.05) is 5.54 Å². The molecule has 3 heteroatoms. The van der Waals surface area contributed by atoms with Crippen molar-refractivity contribution in [3.63, 3.8) is 0 Å². The number of halogens is 1. The fourth-order valence-corrected chi connectivity index (χ4v) is 1.09. The monoisotopic (exact) mass is 151 g/mol. The maximum absolute atomic E-state index is 8.76. The second kappa shape index (κ2) is 3.40. The average molecular weight is 152 g/mol. The predicted octanol–water partition coefficient (Wildman–Crippen LogP) is 0.543. The highest BCUT2D eigenvalue weighted by molar-refractivity contribution is 5.85. The quantitative estimate of drug-likeness (QED) is 0.574. The third-order valence-electron chi connectivity index (χ3n) is 1.81. The summed E-state index contributed by atoms with van der Waals surface area (Å²) in [6.07, 6.45) is 2.32. The van der Waals surface area contributed by atoms with Gasteiger partial charge in [0.25, 0.3) is 0 Å². The van der Waals surface area contributed by atoms with Gasteiger partial charge in [-0.3, -0.25) is 0 Å². The fraction of sp³-hybridized carbons (Fsp3) is 1.00. The summed E-state index contributed by atoms with van der Waals surface area (Å²) < 4.78 is 0. The standard InChI is InChI=1S/C6H13NO.ClH/c1-6(5-8)3-2-4-7-6;/h7-8H,2-5H2,1H3;1H/t6-;/m0./s1. The van der Waals surface area contributed by atoms with Gasteiger partial charge < -0.3 is 10.4 Å². The van der Waals surface area contributed by atoms with Crippen molar-refractivity contribution in [2.24, 2.45) is 0 Å². The van der Waals surface area contributed by atoms with E-state index in [4.69, 9.17) is 5.11 Å². The molecule has 0 radical (unpaired) electrons. The molecule has 0 aromatic carbocycles. The number of aliphatic hydroxyl groups excluding tert-OH is 1. The minimum atomic E-state index is 0. The van der Waals surface area contributed by atoms with Gasteiger partial charge >= 0.3 is 0 Å². The molecule has 0 aromatic heterocycles. The van der Waals surface area contributed by atoms with Gasteiger partial charge in [0.2, 0.25) is 0 Å². The van der Waals surface area contributed by atoms with Crippen molar-refractivity contribution in [3.8, 4) is 0 Å². The van der Waals surface area contributed by atoms with Crippen molar-refractivity contribution in [2.75, 3.05) is 13.2 Å². The van der Waals surface area contributed by atoms with E-state index in [1.807, 2.05) is 0 Å². The molecule has 9 heavy (non-hydrogen) atoms. The van der Waals surface area contributed by atoms with Crippen LogP contribution in [0.4, 0.5) is 0 Å². The topological polar surface area (TPSA) is 32.3 Å². The summed E-state index contributed by atoms with van der Waals surface area (Å²) in [5, 5.41) is 12.0. The Morgan fingerprint density at radius 2 is 2.33 bits per heavy atom. The molecule has 1 heterocycles. The predicted molar refractivity (Wildman–Crippen MR) is 40.0 cm³/mol. The molecule has 1 fully saturated rings. The Balaban J connectivity index is 0.000000640. The highest BCUT2D eigenvalue weighted by Gasteiger charge is 2.26. The fourth-order valence-electron chi connectivity index (χ4n) is 1.09. The first-order valence-electron chi connectivity index (χ1n) is 3.13. The maximum atomic E-state index is 8.76. The number of rotatable bonds is 1. The Morgan fingerprint density at radius 3 is 2.56 bits per heavy atom. The third-order valence-corrected chi connectivity index (χ3v) is 1.81. The van der Waals surface area contributed by atoms with Gasteiger partial charge in [-0.05, 0) is 26.3 Å². The molecular weight excluding hydrogens is 138 g/mol. The smallest absolute Gasteiger partial charge is 0.0610 e. The van der Waals surface area contributed by atoms with Crippen LogP contribution >= 0.6 is 12.4 Å². The number of hydrogen-bond donors (Lipinski definition) is 2. The van der Waals surface area contributed by atoms with Gasteiger partial charge in [-0.2, -0.15) is 0 Å². The van der Waals surface area contributed by atoms with Crippen molar-refractivity contribution >= 4 is 12.4 Å². The van der Waals surface area contributed by atoms with E-state index < -0.39 is 0 Å². The van der Waals surface area contributed by atoms with Crippen LogP contribution in [0.1, 0.15) is 19.8 Å². The molecular formula is C6H14ClNO. The zero-order valence-electron chi connectivity index (χ0n) is 5.68. The van der Waals surface area contributed by atoms with Crippen LogP contribution < -0.4 is 5.32 Å². The number of nitrogens with one attached hydrogen (secondary N) is 1.